The number of amides is 1. The second kappa shape index (κ2) is 65.3. The van der Waals surface area contributed by atoms with Crippen LogP contribution in [0.15, 0.2) is 48.6 Å². The first-order valence-corrected chi connectivity index (χ1v) is 33.9. The highest BCUT2D eigenvalue weighted by Gasteiger charge is 2.18. The quantitative estimate of drug-likeness (QED) is 0.0320. The fourth-order valence-electron chi connectivity index (χ4n) is 10.4. The molecule has 1 amide bonds. The average Bonchev–Trinajstić information content (AvgIpc) is 3.42. The number of hydrogen-bond donors (Lipinski definition) is 3. The van der Waals surface area contributed by atoms with Crippen LogP contribution in [0.5, 0.6) is 0 Å². The minimum absolute atomic E-state index is 0.00330. The normalized spacial score (nSPS) is 12.8. The Hall–Kier alpha value is -2.18. The third-order valence-corrected chi connectivity index (χ3v) is 15.6. The third-order valence-electron chi connectivity index (χ3n) is 15.6. The molecule has 2 atom stereocenters. The van der Waals surface area contributed by atoms with E-state index in [2.05, 4.69) is 55.6 Å². The number of allylic oxidation sites excluding steroid dienone is 7. The van der Waals surface area contributed by atoms with Crippen molar-refractivity contribution >= 4 is 11.9 Å². The molecule has 6 nitrogen and oxygen atoms in total. The summed E-state index contributed by atoms with van der Waals surface area (Å²) in [6.45, 7) is 4.89. The second-order valence-electron chi connectivity index (χ2n) is 23.1. The molecule has 0 saturated heterocycles. The minimum Gasteiger partial charge on any atom is -0.466 e. The Morgan fingerprint density at radius 2 is 0.658 bits per heavy atom. The van der Waals surface area contributed by atoms with Gasteiger partial charge in [0.25, 0.3) is 0 Å². The molecule has 0 aliphatic carbocycles. The second-order valence-corrected chi connectivity index (χ2v) is 23.1. The van der Waals surface area contributed by atoms with Crippen LogP contribution in [0.1, 0.15) is 361 Å². The Morgan fingerprint density at radius 3 is 1.04 bits per heavy atom. The molecule has 0 aromatic rings. The van der Waals surface area contributed by atoms with Gasteiger partial charge in [-0.25, -0.2) is 0 Å². The van der Waals surface area contributed by atoms with Gasteiger partial charge in [-0.1, -0.05) is 306 Å². The molecule has 0 radical (unpaired) electrons. The maximum Gasteiger partial charge on any atom is 0.305 e. The van der Waals surface area contributed by atoms with Gasteiger partial charge < -0.3 is 20.3 Å². The van der Waals surface area contributed by atoms with Gasteiger partial charge in [0.2, 0.25) is 5.91 Å². The van der Waals surface area contributed by atoms with Gasteiger partial charge >= 0.3 is 5.97 Å². The summed E-state index contributed by atoms with van der Waals surface area (Å²) < 4.78 is 5.49. The van der Waals surface area contributed by atoms with Gasteiger partial charge in [0.15, 0.2) is 0 Å². The number of unbranched alkanes of at least 4 members (excludes halogenated alkanes) is 46. The number of hydrogen-bond acceptors (Lipinski definition) is 5. The van der Waals surface area contributed by atoms with Crippen molar-refractivity contribution in [2.24, 2.45) is 0 Å². The van der Waals surface area contributed by atoms with E-state index < -0.39 is 12.1 Å². The van der Waals surface area contributed by atoms with Crippen LogP contribution in [0.3, 0.4) is 0 Å². The molecular weight excluding hydrogens is 935 g/mol. The van der Waals surface area contributed by atoms with Crippen molar-refractivity contribution in [3.8, 4) is 0 Å². The molecule has 6 heteroatoms. The highest BCUT2D eigenvalue weighted by Crippen LogP contribution is 2.17. The zero-order chi connectivity index (χ0) is 55.0. The van der Waals surface area contributed by atoms with E-state index in [0.717, 1.165) is 57.8 Å². The topological polar surface area (TPSA) is 95.9 Å². The van der Waals surface area contributed by atoms with Crippen molar-refractivity contribution in [3.05, 3.63) is 48.6 Å². The zero-order valence-corrected chi connectivity index (χ0v) is 51.0. The van der Waals surface area contributed by atoms with Crippen molar-refractivity contribution in [1.29, 1.82) is 0 Å². The molecule has 0 rings (SSSR count). The molecule has 446 valence electrons. The summed E-state index contributed by atoms with van der Waals surface area (Å²) in [6.07, 6.45) is 84.5. The van der Waals surface area contributed by atoms with Gasteiger partial charge in [0, 0.05) is 12.8 Å². The SMILES string of the molecule is CCCCC/C=C\C/C=C\CCCCCCCCCC(=O)OCCCCCCCCCCCCCC/C=C\CCCCCCCCCC(=O)NC(CO)C(O)/C=C/CCCCCCCCCCCCCCCCCCC. The third kappa shape index (κ3) is 61.0. The summed E-state index contributed by atoms with van der Waals surface area (Å²) in [5.74, 6) is -0.0688. The first-order chi connectivity index (χ1) is 37.5. The Morgan fingerprint density at radius 1 is 0.368 bits per heavy atom. The van der Waals surface area contributed by atoms with E-state index in [-0.39, 0.29) is 18.5 Å². The van der Waals surface area contributed by atoms with Crippen LogP contribution < -0.4 is 5.32 Å². The molecule has 0 spiro atoms. The maximum absolute atomic E-state index is 12.5. The van der Waals surface area contributed by atoms with Gasteiger partial charge in [-0.3, -0.25) is 9.59 Å². The maximum atomic E-state index is 12.5. The molecule has 0 saturated carbocycles. The van der Waals surface area contributed by atoms with Gasteiger partial charge in [-0.2, -0.15) is 0 Å². The molecule has 0 aliphatic heterocycles. The summed E-state index contributed by atoms with van der Waals surface area (Å²) in [5.41, 5.74) is 0. The molecule has 76 heavy (non-hydrogen) atoms. The van der Waals surface area contributed by atoms with Crippen LogP contribution in [0.25, 0.3) is 0 Å². The molecule has 0 aromatic heterocycles. The fraction of sp³-hybridized carbons (Fsp3) is 0.857. The number of aliphatic hydroxyl groups excluding tert-OH is 2. The number of ether oxygens (including phenoxy) is 1. The van der Waals surface area contributed by atoms with E-state index in [1.165, 1.54) is 276 Å². The molecule has 2 unspecified atom stereocenters. The molecule has 0 aliphatic rings. The van der Waals surface area contributed by atoms with E-state index in [9.17, 15) is 19.8 Å². The molecule has 0 bridgehead atoms. The number of carbonyl (C=O) groups is 2. The summed E-state index contributed by atoms with van der Waals surface area (Å²) in [4.78, 5) is 24.6. The largest absolute Gasteiger partial charge is 0.466 e. The summed E-state index contributed by atoms with van der Waals surface area (Å²) in [6, 6.07) is -0.634. The van der Waals surface area contributed by atoms with Crippen molar-refractivity contribution in [3.63, 3.8) is 0 Å². The smallest absolute Gasteiger partial charge is 0.305 e. The average molecular weight is 1070 g/mol. The van der Waals surface area contributed by atoms with Crippen LogP contribution in [-0.2, 0) is 14.3 Å². The number of rotatable bonds is 63. The van der Waals surface area contributed by atoms with E-state index in [1.807, 2.05) is 6.08 Å². The van der Waals surface area contributed by atoms with Crippen LogP contribution in [0.4, 0.5) is 0 Å². The minimum atomic E-state index is -0.850. The Balaban J connectivity index is 3.44. The molecule has 3 N–H and O–H groups in total. The number of carbonyl (C=O) groups excluding carboxylic acids is 2. The highest BCUT2D eigenvalue weighted by atomic mass is 16.5. The number of aliphatic hydroxyl groups is 2. The fourth-order valence-corrected chi connectivity index (χ4v) is 10.4. The Kier molecular flexibility index (Phi) is 63.5. The lowest BCUT2D eigenvalue weighted by atomic mass is 10.0. The van der Waals surface area contributed by atoms with Crippen LogP contribution in [0, 0.1) is 0 Å². The lowest BCUT2D eigenvalue weighted by molar-refractivity contribution is -0.143. The van der Waals surface area contributed by atoms with E-state index >= 15 is 0 Å². The summed E-state index contributed by atoms with van der Waals surface area (Å²) in [5, 5.41) is 23.2. The lowest BCUT2D eigenvalue weighted by Gasteiger charge is -2.20. The monoisotopic (exact) mass is 1070 g/mol. The van der Waals surface area contributed by atoms with Crippen LogP contribution >= 0.6 is 0 Å². The van der Waals surface area contributed by atoms with Crippen molar-refractivity contribution in [2.75, 3.05) is 13.2 Å². The van der Waals surface area contributed by atoms with Gasteiger partial charge in [-0.05, 0) is 89.9 Å². The van der Waals surface area contributed by atoms with E-state index in [0.29, 0.717) is 19.4 Å². The Bertz CT molecular complexity index is 1270. The summed E-state index contributed by atoms with van der Waals surface area (Å²) >= 11 is 0. The Labute approximate surface area is 474 Å². The van der Waals surface area contributed by atoms with Crippen molar-refractivity contribution in [1.82, 2.24) is 5.32 Å². The molecule has 0 fully saturated rings. The van der Waals surface area contributed by atoms with Crippen LogP contribution in [-0.4, -0.2) is 47.4 Å². The van der Waals surface area contributed by atoms with Crippen molar-refractivity contribution in [2.45, 2.75) is 373 Å². The predicted octanol–water partition coefficient (Wildman–Crippen LogP) is 21.7. The van der Waals surface area contributed by atoms with Gasteiger partial charge in [-0.15, -0.1) is 0 Å². The van der Waals surface area contributed by atoms with E-state index in [1.54, 1.807) is 6.08 Å². The lowest BCUT2D eigenvalue weighted by Crippen LogP contribution is -2.45. The van der Waals surface area contributed by atoms with Crippen molar-refractivity contribution < 1.29 is 24.5 Å². The summed E-state index contributed by atoms with van der Waals surface area (Å²) in [7, 11) is 0. The molecule has 0 heterocycles. The van der Waals surface area contributed by atoms with E-state index in [4.69, 9.17) is 4.74 Å². The first kappa shape index (κ1) is 73.8. The molecule has 0 aromatic carbocycles. The van der Waals surface area contributed by atoms with Gasteiger partial charge in [0.1, 0.15) is 0 Å². The molecular formula is C70H131NO5. The first-order valence-electron chi connectivity index (χ1n) is 33.9. The number of nitrogens with one attached hydrogen (secondary N) is 1. The zero-order valence-electron chi connectivity index (χ0n) is 51.0. The predicted molar refractivity (Wildman–Crippen MR) is 333 cm³/mol. The standard InChI is InChI=1S/C70H131NO5/c1-3-5-7-9-11-13-15-17-19-21-27-31-34-38-42-46-50-54-58-62-68(73)67(66-72)71-69(74)63-59-55-51-47-43-39-35-32-28-25-23-22-24-26-29-33-37-41-45-49-53-57-61-65-76-70(75)64-60-56-52-48-44-40-36-30-20-18-16-14-12-10-8-6-4-2/h12,14,18,20,25,28,58,62,67-68,72-73H,3-11,13,15-17,19,21-24,26-27,29-57,59-61,63-66H2,1-2H3,(H,71,74)/b14-12-,20-18-,28-25-,62-58+. The number of esters is 1. The van der Waals surface area contributed by atoms with Gasteiger partial charge in [0.05, 0.1) is 25.4 Å². The highest BCUT2D eigenvalue weighted by molar-refractivity contribution is 5.76. The van der Waals surface area contributed by atoms with Crippen LogP contribution in [0.2, 0.25) is 0 Å².